The van der Waals surface area contributed by atoms with Crippen molar-refractivity contribution in [1.82, 2.24) is 15.1 Å². The van der Waals surface area contributed by atoms with Gasteiger partial charge in [-0.2, -0.15) is 5.10 Å². The zero-order chi connectivity index (χ0) is 19.6. The van der Waals surface area contributed by atoms with Crippen molar-refractivity contribution in [2.45, 2.75) is 12.5 Å². The quantitative estimate of drug-likeness (QED) is 0.541. The number of thiophene rings is 1. The molecule has 1 atom stereocenters. The molecule has 2 aromatic carbocycles. The Morgan fingerprint density at radius 3 is 2.72 bits per heavy atom. The molecule has 0 fully saturated rings. The van der Waals surface area contributed by atoms with E-state index in [-0.39, 0.29) is 12.0 Å². The summed E-state index contributed by atoms with van der Waals surface area (Å²) in [6.07, 6.45) is 2.55. The van der Waals surface area contributed by atoms with Gasteiger partial charge >= 0.3 is 0 Å². The summed E-state index contributed by atoms with van der Waals surface area (Å²) in [5, 5.41) is 9.71. The number of nitrogens with zero attached hydrogens (tertiary/aromatic N) is 2. The van der Waals surface area contributed by atoms with Crippen LogP contribution < -0.4 is 10.1 Å². The van der Waals surface area contributed by atoms with Crippen molar-refractivity contribution in [3.05, 3.63) is 89.4 Å². The Morgan fingerprint density at radius 2 is 1.93 bits per heavy atom. The lowest BCUT2D eigenvalue weighted by molar-refractivity contribution is 0.0934. The van der Waals surface area contributed by atoms with Crippen LogP contribution in [0.3, 0.4) is 0 Å². The molecule has 0 saturated heterocycles. The molecule has 0 spiro atoms. The molecule has 0 saturated carbocycles. The van der Waals surface area contributed by atoms with E-state index in [9.17, 15) is 4.79 Å². The van der Waals surface area contributed by atoms with Gasteiger partial charge in [-0.1, -0.05) is 42.5 Å². The van der Waals surface area contributed by atoms with Gasteiger partial charge in [-0.3, -0.25) is 4.79 Å². The third-order valence-corrected chi connectivity index (χ3v) is 5.81. The van der Waals surface area contributed by atoms with E-state index in [2.05, 4.69) is 11.4 Å². The van der Waals surface area contributed by atoms with E-state index in [1.54, 1.807) is 22.2 Å². The van der Waals surface area contributed by atoms with Crippen molar-refractivity contribution in [3.63, 3.8) is 0 Å². The van der Waals surface area contributed by atoms with Crippen LogP contribution in [-0.2, 0) is 6.42 Å². The van der Waals surface area contributed by atoms with E-state index in [4.69, 9.17) is 9.84 Å². The largest absolute Gasteiger partial charge is 0.488 e. The van der Waals surface area contributed by atoms with Crippen LogP contribution in [0.5, 0.6) is 5.75 Å². The highest BCUT2D eigenvalue weighted by molar-refractivity contribution is 7.13. The summed E-state index contributed by atoms with van der Waals surface area (Å²) in [5.74, 6) is 0.762. The highest BCUT2D eigenvalue weighted by Crippen LogP contribution is 2.29. The molecular weight excluding hydrogens is 382 g/mol. The molecule has 4 aromatic rings. The summed E-state index contributed by atoms with van der Waals surface area (Å²) in [6, 6.07) is 21.8. The summed E-state index contributed by atoms with van der Waals surface area (Å²) in [7, 11) is 0. The van der Waals surface area contributed by atoms with E-state index in [1.165, 1.54) is 5.56 Å². The van der Waals surface area contributed by atoms with Gasteiger partial charge in [0.15, 0.2) is 0 Å². The monoisotopic (exact) mass is 401 g/mol. The first-order valence-corrected chi connectivity index (χ1v) is 10.4. The summed E-state index contributed by atoms with van der Waals surface area (Å²) >= 11 is 1.57. The molecule has 1 aliphatic rings. The standard InChI is InChI=1S/C23H19N3O2S/c27-23(24-14-18-13-16-7-4-5-10-20(16)28-18)19-15-26(17-8-2-1-3-9-17)25-22(19)21-11-6-12-29-21/h1-12,15,18H,13-14H2,(H,24,27). The predicted molar refractivity (Wildman–Crippen MR) is 114 cm³/mol. The predicted octanol–water partition coefficient (Wildman–Crippen LogP) is 4.33. The maximum absolute atomic E-state index is 13.0. The van der Waals surface area contributed by atoms with Gasteiger partial charge < -0.3 is 10.1 Å². The third kappa shape index (κ3) is 3.54. The minimum absolute atomic E-state index is 0.0503. The number of amides is 1. The number of nitrogens with one attached hydrogen (secondary N) is 1. The number of hydrogen-bond acceptors (Lipinski definition) is 4. The van der Waals surface area contributed by atoms with Crippen molar-refractivity contribution >= 4 is 17.2 Å². The Labute approximate surface area is 172 Å². The number of ether oxygens (including phenoxy) is 1. The number of para-hydroxylation sites is 2. The normalized spacial score (nSPS) is 15.0. The summed E-state index contributed by atoms with van der Waals surface area (Å²) < 4.78 is 7.69. The highest BCUT2D eigenvalue weighted by atomic mass is 32.1. The van der Waals surface area contributed by atoms with E-state index < -0.39 is 0 Å². The second-order valence-corrected chi connectivity index (χ2v) is 7.86. The zero-order valence-corrected chi connectivity index (χ0v) is 16.4. The van der Waals surface area contributed by atoms with Crippen LogP contribution in [0.15, 0.2) is 78.3 Å². The number of rotatable bonds is 5. The maximum atomic E-state index is 13.0. The smallest absolute Gasteiger partial charge is 0.255 e. The van der Waals surface area contributed by atoms with Crippen molar-refractivity contribution in [2.75, 3.05) is 6.54 Å². The van der Waals surface area contributed by atoms with E-state index in [0.717, 1.165) is 22.7 Å². The van der Waals surface area contributed by atoms with E-state index in [0.29, 0.717) is 17.8 Å². The average Bonchev–Trinajstić information content (AvgIpc) is 3.51. The van der Waals surface area contributed by atoms with Crippen molar-refractivity contribution in [1.29, 1.82) is 0 Å². The first-order valence-electron chi connectivity index (χ1n) is 9.49. The number of carbonyl (C=O) groups excluding carboxylic acids is 1. The molecule has 5 rings (SSSR count). The maximum Gasteiger partial charge on any atom is 0.255 e. The summed E-state index contributed by atoms with van der Waals surface area (Å²) in [5.41, 5.74) is 3.35. The summed E-state index contributed by atoms with van der Waals surface area (Å²) in [6.45, 7) is 0.452. The number of aromatic nitrogens is 2. The third-order valence-electron chi connectivity index (χ3n) is 4.94. The SMILES string of the molecule is O=C(NCC1Cc2ccccc2O1)c1cn(-c2ccccc2)nc1-c1cccs1. The molecule has 3 heterocycles. The lowest BCUT2D eigenvalue weighted by Crippen LogP contribution is -2.34. The van der Waals surface area contributed by atoms with Crippen LogP contribution in [-0.4, -0.2) is 28.3 Å². The molecule has 2 aromatic heterocycles. The van der Waals surface area contributed by atoms with E-state index in [1.807, 2.05) is 66.0 Å². The van der Waals surface area contributed by atoms with Crippen molar-refractivity contribution < 1.29 is 9.53 Å². The Bertz CT molecular complexity index is 1110. The Hall–Kier alpha value is -3.38. The molecule has 0 radical (unpaired) electrons. The van der Waals surface area contributed by atoms with Gasteiger partial charge in [0, 0.05) is 12.6 Å². The number of carbonyl (C=O) groups is 1. The van der Waals surface area contributed by atoms with Crippen LogP contribution >= 0.6 is 11.3 Å². The fraction of sp³-hybridized carbons (Fsp3) is 0.130. The van der Waals surface area contributed by atoms with Crippen LogP contribution in [0.2, 0.25) is 0 Å². The number of benzene rings is 2. The van der Waals surface area contributed by atoms with E-state index >= 15 is 0 Å². The van der Waals surface area contributed by atoms with Gasteiger partial charge in [0.2, 0.25) is 0 Å². The highest BCUT2D eigenvalue weighted by Gasteiger charge is 2.24. The minimum atomic E-state index is -0.143. The molecule has 5 nitrogen and oxygen atoms in total. The zero-order valence-electron chi connectivity index (χ0n) is 15.6. The van der Waals surface area contributed by atoms with Crippen LogP contribution in [0.4, 0.5) is 0 Å². The Kier molecular flexibility index (Phi) is 4.62. The van der Waals surface area contributed by atoms with Gasteiger partial charge in [0.05, 0.1) is 22.7 Å². The topological polar surface area (TPSA) is 56.1 Å². The average molecular weight is 401 g/mol. The first kappa shape index (κ1) is 17.7. The second-order valence-electron chi connectivity index (χ2n) is 6.91. The Morgan fingerprint density at radius 1 is 1.10 bits per heavy atom. The fourth-order valence-electron chi connectivity index (χ4n) is 3.52. The molecule has 1 aliphatic heterocycles. The van der Waals surface area contributed by atoms with Gasteiger partial charge in [0.1, 0.15) is 17.5 Å². The molecule has 6 heteroatoms. The molecule has 0 bridgehead atoms. The van der Waals surface area contributed by atoms with Gasteiger partial charge in [-0.05, 0) is 35.2 Å². The van der Waals surface area contributed by atoms with Gasteiger partial charge in [-0.15, -0.1) is 11.3 Å². The fourth-order valence-corrected chi connectivity index (χ4v) is 4.24. The van der Waals surface area contributed by atoms with Crippen molar-refractivity contribution in [2.24, 2.45) is 0 Å². The lowest BCUT2D eigenvalue weighted by atomic mass is 10.1. The molecule has 144 valence electrons. The number of hydrogen-bond donors (Lipinski definition) is 1. The molecule has 1 N–H and O–H groups in total. The van der Waals surface area contributed by atoms with Gasteiger partial charge in [-0.25, -0.2) is 4.68 Å². The minimum Gasteiger partial charge on any atom is -0.488 e. The molecule has 29 heavy (non-hydrogen) atoms. The molecule has 1 amide bonds. The van der Waals surface area contributed by atoms with Crippen LogP contribution in [0.1, 0.15) is 15.9 Å². The Balaban J connectivity index is 1.37. The molecule has 1 unspecified atom stereocenters. The van der Waals surface area contributed by atoms with Crippen molar-refractivity contribution in [3.8, 4) is 22.0 Å². The first-order chi connectivity index (χ1) is 14.3. The molecular formula is C23H19N3O2S. The molecule has 0 aliphatic carbocycles. The van der Waals surface area contributed by atoms with Gasteiger partial charge in [0.25, 0.3) is 5.91 Å². The lowest BCUT2D eigenvalue weighted by Gasteiger charge is -2.11. The summed E-state index contributed by atoms with van der Waals surface area (Å²) in [4.78, 5) is 14.0. The van der Waals surface area contributed by atoms with Crippen LogP contribution in [0, 0.1) is 0 Å². The van der Waals surface area contributed by atoms with Crippen LogP contribution in [0.25, 0.3) is 16.3 Å². The second kappa shape index (κ2) is 7.56. The number of fused-ring (bicyclic) bond motifs is 1.